The molecule has 0 radical (unpaired) electrons. The Labute approximate surface area is 90.6 Å². The van der Waals surface area contributed by atoms with Crippen molar-refractivity contribution in [2.24, 2.45) is 0 Å². The second kappa shape index (κ2) is 4.14. The summed E-state index contributed by atoms with van der Waals surface area (Å²) in [6.45, 7) is 3.21. The molecule has 0 aromatic carbocycles. The van der Waals surface area contributed by atoms with Crippen molar-refractivity contribution in [3.63, 3.8) is 0 Å². The number of hydrogen-bond donors (Lipinski definition) is 1. The molecular weight excluding hydrogens is 225 g/mol. The molecule has 1 N–H and O–H groups in total. The molecular formula is C10H13F3OS. The van der Waals surface area contributed by atoms with Gasteiger partial charge in [0.25, 0.3) is 0 Å². The molecule has 0 fully saturated rings. The van der Waals surface area contributed by atoms with Crippen LogP contribution < -0.4 is 0 Å². The van der Waals surface area contributed by atoms with E-state index in [0.29, 0.717) is 4.88 Å². The molecule has 1 aromatic heterocycles. The number of aliphatic hydroxyl groups is 1. The minimum atomic E-state index is -4.21. The zero-order valence-electron chi connectivity index (χ0n) is 8.56. The Kier molecular flexibility index (Phi) is 3.45. The van der Waals surface area contributed by atoms with Crippen molar-refractivity contribution in [1.82, 2.24) is 0 Å². The van der Waals surface area contributed by atoms with Gasteiger partial charge in [0.05, 0.1) is 5.60 Å². The van der Waals surface area contributed by atoms with E-state index in [4.69, 9.17) is 0 Å². The fraction of sp³-hybridized carbons (Fsp3) is 0.600. The molecule has 1 nitrogen and oxygen atoms in total. The summed E-state index contributed by atoms with van der Waals surface area (Å²) >= 11 is 1.29. The highest BCUT2D eigenvalue weighted by atomic mass is 32.1. The van der Waals surface area contributed by atoms with Gasteiger partial charge in [0, 0.05) is 11.3 Å². The summed E-state index contributed by atoms with van der Waals surface area (Å²) < 4.78 is 36.1. The van der Waals surface area contributed by atoms with Gasteiger partial charge in [0.2, 0.25) is 0 Å². The van der Waals surface area contributed by atoms with Gasteiger partial charge < -0.3 is 5.11 Å². The first-order chi connectivity index (χ1) is 6.72. The average molecular weight is 238 g/mol. The number of rotatable bonds is 3. The lowest BCUT2D eigenvalue weighted by atomic mass is 9.96. The van der Waals surface area contributed by atoms with Crippen LogP contribution in [-0.4, -0.2) is 11.3 Å². The predicted molar refractivity (Wildman–Crippen MR) is 53.9 cm³/mol. The van der Waals surface area contributed by atoms with Crippen LogP contribution in [0.15, 0.2) is 11.4 Å². The van der Waals surface area contributed by atoms with Crippen molar-refractivity contribution in [1.29, 1.82) is 0 Å². The molecule has 1 rings (SSSR count). The van der Waals surface area contributed by atoms with Crippen LogP contribution in [0, 0.1) is 6.92 Å². The van der Waals surface area contributed by atoms with Crippen LogP contribution in [0.2, 0.25) is 0 Å². The molecule has 1 atom stereocenters. The van der Waals surface area contributed by atoms with Gasteiger partial charge in [-0.25, -0.2) is 0 Å². The van der Waals surface area contributed by atoms with Crippen LogP contribution in [0.3, 0.4) is 0 Å². The van der Waals surface area contributed by atoms with Crippen molar-refractivity contribution in [2.75, 3.05) is 0 Å². The van der Waals surface area contributed by atoms with Gasteiger partial charge in [0.1, 0.15) is 0 Å². The van der Waals surface area contributed by atoms with Crippen LogP contribution in [0.4, 0.5) is 13.2 Å². The first-order valence-corrected chi connectivity index (χ1v) is 5.44. The first-order valence-electron chi connectivity index (χ1n) is 4.56. The smallest absolute Gasteiger partial charge is 0.385 e. The second-order valence-electron chi connectivity index (χ2n) is 3.82. The lowest BCUT2D eigenvalue weighted by Gasteiger charge is -2.23. The first kappa shape index (κ1) is 12.5. The van der Waals surface area contributed by atoms with Gasteiger partial charge in [-0.2, -0.15) is 13.2 Å². The monoisotopic (exact) mass is 238 g/mol. The van der Waals surface area contributed by atoms with E-state index in [1.54, 1.807) is 18.4 Å². The van der Waals surface area contributed by atoms with E-state index in [0.717, 1.165) is 5.56 Å². The maximum Gasteiger partial charge on any atom is 0.389 e. The number of halogens is 3. The van der Waals surface area contributed by atoms with Gasteiger partial charge in [-0.3, -0.25) is 0 Å². The molecule has 0 bridgehead atoms. The third kappa shape index (κ3) is 3.50. The molecule has 1 unspecified atom stereocenters. The van der Waals surface area contributed by atoms with Crippen LogP contribution in [-0.2, 0) is 5.60 Å². The minimum Gasteiger partial charge on any atom is -0.385 e. The van der Waals surface area contributed by atoms with Crippen LogP contribution in [0.25, 0.3) is 0 Å². The van der Waals surface area contributed by atoms with E-state index >= 15 is 0 Å². The second-order valence-corrected chi connectivity index (χ2v) is 4.74. The Morgan fingerprint density at radius 3 is 2.33 bits per heavy atom. The fourth-order valence-electron chi connectivity index (χ4n) is 1.42. The van der Waals surface area contributed by atoms with Crippen molar-refractivity contribution >= 4 is 11.3 Å². The normalized spacial score (nSPS) is 16.4. The van der Waals surface area contributed by atoms with Crippen LogP contribution >= 0.6 is 11.3 Å². The molecule has 0 aliphatic carbocycles. The highest BCUT2D eigenvalue weighted by molar-refractivity contribution is 7.10. The fourth-order valence-corrected chi connectivity index (χ4v) is 2.44. The molecule has 5 heteroatoms. The molecule has 0 aliphatic heterocycles. The highest BCUT2D eigenvalue weighted by Gasteiger charge is 2.34. The number of thiophene rings is 1. The molecule has 1 aromatic rings. The molecule has 86 valence electrons. The largest absolute Gasteiger partial charge is 0.389 e. The summed E-state index contributed by atoms with van der Waals surface area (Å²) in [6, 6.07) is 1.79. The van der Waals surface area contributed by atoms with Crippen molar-refractivity contribution in [3.05, 3.63) is 21.9 Å². The molecule has 0 saturated heterocycles. The summed E-state index contributed by atoms with van der Waals surface area (Å²) in [7, 11) is 0. The zero-order valence-corrected chi connectivity index (χ0v) is 9.37. The summed E-state index contributed by atoms with van der Waals surface area (Å²) in [4.78, 5) is 0.617. The SMILES string of the molecule is Cc1ccsc1C(C)(O)CCC(F)(F)F. The molecule has 0 spiro atoms. The van der Waals surface area contributed by atoms with E-state index in [2.05, 4.69) is 0 Å². The molecule has 0 amide bonds. The van der Waals surface area contributed by atoms with E-state index in [9.17, 15) is 18.3 Å². The van der Waals surface area contributed by atoms with Gasteiger partial charge >= 0.3 is 6.18 Å². The van der Waals surface area contributed by atoms with E-state index in [-0.39, 0.29) is 6.42 Å². The number of alkyl halides is 3. The summed E-state index contributed by atoms with van der Waals surface area (Å²) in [5, 5.41) is 11.7. The lowest BCUT2D eigenvalue weighted by molar-refractivity contribution is -0.146. The number of hydrogen-bond acceptors (Lipinski definition) is 2. The summed E-state index contributed by atoms with van der Waals surface area (Å²) in [5.41, 5.74) is -0.541. The predicted octanol–water partition coefficient (Wildman–Crippen LogP) is 3.61. The Bertz CT molecular complexity index is 328. The van der Waals surface area contributed by atoms with Crippen molar-refractivity contribution in [3.8, 4) is 0 Å². The van der Waals surface area contributed by atoms with Gasteiger partial charge in [-0.05, 0) is 37.3 Å². The van der Waals surface area contributed by atoms with Gasteiger partial charge in [-0.15, -0.1) is 11.3 Å². The molecule has 15 heavy (non-hydrogen) atoms. The molecule has 0 saturated carbocycles. The van der Waals surface area contributed by atoms with Crippen LogP contribution in [0.1, 0.15) is 30.2 Å². The maximum atomic E-state index is 12.0. The Morgan fingerprint density at radius 2 is 1.93 bits per heavy atom. The number of aryl methyl sites for hydroxylation is 1. The Morgan fingerprint density at radius 1 is 1.33 bits per heavy atom. The quantitative estimate of drug-likeness (QED) is 0.853. The zero-order chi connectivity index (χ0) is 11.7. The van der Waals surface area contributed by atoms with Crippen molar-refractivity contribution in [2.45, 2.75) is 38.5 Å². The maximum absolute atomic E-state index is 12.0. The highest BCUT2D eigenvalue weighted by Crippen LogP contribution is 2.35. The third-order valence-electron chi connectivity index (χ3n) is 2.25. The third-order valence-corrected chi connectivity index (χ3v) is 3.52. The summed E-state index contributed by atoms with van der Waals surface area (Å²) in [5.74, 6) is 0. The van der Waals surface area contributed by atoms with E-state index < -0.39 is 18.2 Å². The minimum absolute atomic E-state index is 0.294. The summed E-state index contributed by atoms with van der Waals surface area (Å²) in [6.07, 6.45) is -5.47. The van der Waals surface area contributed by atoms with Crippen molar-refractivity contribution < 1.29 is 18.3 Å². The van der Waals surface area contributed by atoms with E-state index in [1.165, 1.54) is 18.3 Å². The molecule has 0 aliphatic rings. The Balaban J connectivity index is 2.72. The lowest BCUT2D eigenvalue weighted by Crippen LogP contribution is -2.23. The molecule has 1 heterocycles. The Hall–Kier alpha value is -0.550. The van der Waals surface area contributed by atoms with Gasteiger partial charge in [0.15, 0.2) is 0 Å². The van der Waals surface area contributed by atoms with E-state index in [1.807, 2.05) is 0 Å². The standard InChI is InChI=1S/C10H13F3OS/c1-7-3-6-15-8(7)9(2,14)4-5-10(11,12)13/h3,6,14H,4-5H2,1-2H3. The van der Waals surface area contributed by atoms with Gasteiger partial charge in [-0.1, -0.05) is 0 Å². The average Bonchev–Trinajstić information content (AvgIpc) is 2.47. The topological polar surface area (TPSA) is 20.2 Å². The van der Waals surface area contributed by atoms with Crippen LogP contribution in [0.5, 0.6) is 0 Å².